The third kappa shape index (κ3) is 6.43. The lowest BCUT2D eigenvalue weighted by Gasteiger charge is -2.03. The molecule has 0 radical (unpaired) electrons. The van der Waals surface area contributed by atoms with Gasteiger partial charge in [-0.2, -0.15) is 8.42 Å². The Morgan fingerprint density at radius 1 is 1.41 bits per heavy atom. The van der Waals surface area contributed by atoms with Crippen molar-refractivity contribution in [2.24, 2.45) is 0 Å². The van der Waals surface area contributed by atoms with Crippen molar-refractivity contribution in [2.45, 2.75) is 17.9 Å². The van der Waals surface area contributed by atoms with Crippen molar-refractivity contribution in [3.63, 3.8) is 0 Å². The molecule has 0 heterocycles. The summed E-state index contributed by atoms with van der Waals surface area (Å²) in [6, 6.07) is 5.86. The summed E-state index contributed by atoms with van der Waals surface area (Å²) in [5, 5.41) is 0. The smallest absolute Gasteiger partial charge is 0.298 e. The Labute approximate surface area is 105 Å². The largest absolute Gasteiger partial charge is 0.495 e. The van der Waals surface area contributed by atoms with Gasteiger partial charge in [0.15, 0.2) is 0 Å². The summed E-state index contributed by atoms with van der Waals surface area (Å²) in [7, 11) is 2.07. The summed E-state index contributed by atoms with van der Waals surface area (Å²) in [4.78, 5) is -0.215. The molecule has 0 atom stereocenters. The summed E-state index contributed by atoms with van der Waals surface area (Å²) >= 11 is 0. The molecule has 1 N–H and O–H groups in total. The van der Waals surface area contributed by atoms with Gasteiger partial charge in [-0.05, 0) is 12.1 Å². The first-order chi connectivity index (χ1) is 7.97. The fraction of sp³-hybridized carbons (Fsp3) is 0.333. The number of para-hydroxylation sites is 1. The van der Waals surface area contributed by atoms with Crippen LogP contribution in [0.5, 0.6) is 5.75 Å². The van der Waals surface area contributed by atoms with Crippen LogP contribution in [0.2, 0.25) is 13.0 Å². The minimum absolute atomic E-state index is 0.139. The quantitative estimate of drug-likeness (QED) is 0.595. The second-order valence-corrected chi connectivity index (χ2v) is 4.87. The van der Waals surface area contributed by atoms with Crippen LogP contribution in [-0.4, -0.2) is 42.3 Å². The molecule has 0 aliphatic heterocycles. The molecule has 0 spiro atoms. The molecular weight excluding hydrogens is 237 g/mol. The van der Waals surface area contributed by atoms with Gasteiger partial charge in [-0.15, -0.1) is 6.22 Å². The van der Waals surface area contributed by atoms with Crippen molar-refractivity contribution >= 4 is 32.3 Å². The highest BCUT2D eigenvalue weighted by atomic mass is 32.2. The van der Waals surface area contributed by atoms with Crippen LogP contribution in [0.1, 0.15) is 0 Å². The fourth-order valence-electron chi connectivity index (χ4n) is 1.19. The van der Waals surface area contributed by atoms with Crippen LogP contribution < -0.4 is 4.74 Å². The third-order valence-corrected chi connectivity index (χ3v) is 2.95. The maximum absolute atomic E-state index is 10.7. The van der Waals surface area contributed by atoms with Gasteiger partial charge in [-0.25, -0.2) is 0 Å². The van der Waals surface area contributed by atoms with Crippen molar-refractivity contribution in [1.82, 2.24) is 0 Å². The van der Waals surface area contributed by atoms with Gasteiger partial charge in [0.2, 0.25) is 0 Å². The summed E-state index contributed by atoms with van der Waals surface area (Å²) in [6.07, 6.45) is 1.39. The van der Waals surface area contributed by atoms with Gasteiger partial charge < -0.3 is 4.74 Å². The molecule has 1 rings (SSSR count). The summed E-state index contributed by atoms with van der Waals surface area (Å²) in [5.74, 6) is 0.139. The van der Waals surface area contributed by atoms with Gasteiger partial charge in [0.05, 0.1) is 22.0 Å². The maximum atomic E-state index is 10.7. The summed E-state index contributed by atoms with van der Waals surface area (Å²) in [6.45, 7) is 2.21. The molecule has 1 aromatic rings. The van der Waals surface area contributed by atoms with E-state index in [-0.39, 0.29) is 10.6 Å². The predicted octanol–water partition coefficient (Wildman–Crippen LogP) is -0.227. The molecule has 0 amide bonds. The highest BCUT2D eigenvalue weighted by Crippen LogP contribution is 2.21. The zero-order valence-electron chi connectivity index (χ0n) is 10.5. The lowest BCUT2D eigenvalue weighted by Crippen LogP contribution is -2.00. The van der Waals surface area contributed by atoms with E-state index in [2.05, 4.69) is 14.6 Å². The molecule has 0 aliphatic carbocycles. The van der Waals surface area contributed by atoms with Crippen LogP contribution in [0.3, 0.4) is 0 Å². The Morgan fingerprint density at radius 2 is 2.00 bits per heavy atom. The Kier molecular flexibility index (Phi) is 7.83. The molecule has 8 heteroatoms. The predicted molar refractivity (Wildman–Crippen MR) is 76.3 cm³/mol. The van der Waals surface area contributed by atoms with Gasteiger partial charge in [-0.3, -0.25) is 4.55 Å². The second kappa shape index (κ2) is 8.25. The Morgan fingerprint density at radius 3 is 2.29 bits per heavy atom. The van der Waals surface area contributed by atoms with E-state index >= 15 is 0 Å². The summed E-state index contributed by atoms with van der Waals surface area (Å²) < 4.78 is 34.8. The zero-order valence-corrected chi connectivity index (χ0v) is 11.3. The van der Waals surface area contributed by atoms with Crippen LogP contribution in [0, 0.1) is 0 Å². The number of hydrogen-bond donors (Lipinski definition) is 1. The van der Waals surface area contributed by atoms with E-state index in [1.54, 1.807) is 6.07 Å². The van der Waals surface area contributed by atoms with E-state index in [0.717, 1.165) is 0 Å². The molecule has 17 heavy (non-hydrogen) atoms. The van der Waals surface area contributed by atoms with Gasteiger partial charge in [0, 0.05) is 0 Å². The molecule has 0 aromatic heterocycles. The number of rotatable bonds is 4. The lowest BCUT2D eigenvalue weighted by molar-refractivity contribution is 0.397. The average molecular weight is 254 g/mol. The Balaban J connectivity index is 0.000000437. The minimum Gasteiger partial charge on any atom is -0.495 e. The minimum atomic E-state index is -4.17. The van der Waals surface area contributed by atoms with E-state index in [4.69, 9.17) is 9.29 Å². The molecule has 92 valence electrons. The van der Waals surface area contributed by atoms with Gasteiger partial charge in [0.1, 0.15) is 17.9 Å². The van der Waals surface area contributed by atoms with Crippen molar-refractivity contribution in [3.8, 4) is 5.75 Å². The van der Waals surface area contributed by atoms with Crippen LogP contribution >= 0.6 is 0 Å². The molecule has 1 aromatic carbocycles. The number of hydrogen-bond acceptors (Lipinski definition) is 3. The van der Waals surface area contributed by atoms with Crippen molar-refractivity contribution < 1.29 is 17.7 Å². The average Bonchev–Trinajstić information content (AvgIpc) is 2.30. The van der Waals surface area contributed by atoms with Gasteiger partial charge in [-0.1, -0.05) is 19.0 Å². The van der Waals surface area contributed by atoms with Gasteiger partial charge >= 0.3 is 0 Å². The molecule has 4 nitrogen and oxygen atoms in total. The first-order valence-electron chi connectivity index (χ1n) is 5.57. The Bertz CT molecular complexity index is 420. The maximum Gasteiger partial charge on any atom is 0.298 e. The lowest BCUT2D eigenvalue weighted by atomic mass is 9.44. The third-order valence-electron chi connectivity index (χ3n) is 2.05. The molecule has 0 saturated heterocycles. The highest BCUT2D eigenvalue weighted by Gasteiger charge is 2.14. The molecule has 0 bridgehead atoms. The fourth-order valence-corrected chi connectivity index (χ4v) is 1.84. The molecule has 0 aliphatic rings. The summed E-state index contributed by atoms with van der Waals surface area (Å²) in [5.41, 5.74) is 0. The number of benzene rings is 1. The zero-order chi connectivity index (χ0) is 13.3. The van der Waals surface area contributed by atoms with Gasteiger partial charge in [0.25, 0.3) is 10.1 Å². The molecule has 0 fully saturated rings. The second-order valence-electron chi connectivity index (χ2n) is 3.48. The molecule has 0 unspecified atom stereocenters. The number of ether oxygens (including phenoxy) is 1. The first-order valence-corrected chi connectivity index (χ1v) is 7.01. The van der Waals surface area contributed by atoms with E-state index in [0.29, 0.717) is 0 Å². The highest BCUT2D eigenvalue weighted by molar-refractivity contribution is 7.86. The van der Waals surface area contributed by atoms with Crippen LogP contribution in [0.15, 0.2) is 29.2 Å². The monoisotopic (exact) mass is 254 g/mol. The van der Waals surface area contributed by atoms with E-state index in [9.17, 15) is 8.42 Å². The SMILES string of the molecule is BBCBC.COc1ccccc1S(=O)(=O)O. The first kappa shape index (κ1) is 16.1. The van der Waals surface area contributed by atoms with E-state index in [1.165, 1.54) is 46.0 Å². The van der Waals surface area contributed by atoms with E-state index in [1.807, 2.05) is 0 Å². The van der Waals surface area contributed by atoms with E-state index < -0.39 is 10.1 Å². The number of methoxy groups -OCH3 is 1. The van der Waals surface area contributed by atoms with Crippen LogP contribution in [-0.2, 0) is 10.1 Å². The standard InChI is InChI=1S/C7H8O4S.C2H9B3/c1-11-6-4-2-3-5-7(6)12(8,9)10;1-4-2-5-3/h2-5H,1H3,(H,8,9,10);4-5H,2-3H2,1H3. The topological polar surface area (TPSA) is 63.6 Å². The van der Waals surface area contributed by atoms with Crippen LogP contribution in [0.4, 0.5) is 0 Å². The molecular formula is C9H17B3O4S. The molecule has 0 saturated carbocycles. The van der Waals surface area contributed by atoms with Crippen molar-refractivity contribution in [1.29, 1.82) is 0 Å². The van der Waals surface area contributed by atoms with Crippen molar-refractivity contribution in [3.05, 3.63) is 24.3 Å². The van der Waals surface area contributed by atoms with Crippen molar-refractivity contribution in [2.75, 3.05) is 7.11 Å². The Hall–Kier alpha value is -0.875. The normalized spacial score (nSPS) is 9.82. The van der Waals surface area contributed by atoms with Crippen LogP contribution in [0.25, 0.3) is 0 Å².